The molecular formula is C16H14BrNO2. The zero-order chi connectivity index (χ0) is 14.5. The maximum atomic E-state index is 12.0. The number of hydrogen-bond acceptors (Lipinski definition) is 2. The number of rotatable bonds is 4. The Morgan fingerprint density at radius 3 is 2.45 bits per heavy atom. The second kappa shape index (κ2) is 6.48. The van der Waals surface area contributed by atoms with Gasteiger partial charge in [0.1, 0.15) is 0 Å². The first-order valence-corrected chi connectivity index (χ1v) is 7.00. The van der Waals surface area contributed by atoms with Crippen LogP contribution in [0.15, 0.2) is 53.0 Å². The molecule has 0 aliphatic heterocycles. The fourth-order valence-corrected chi connectivity index (χ4v) is 2.46. The van der Waals surface area contributed by atoms with Gasteiger partial charge < -0.3 is 5.32 Å². The summed E-state index contributed by atoms with van der Waals surface area (Å²) in [5.74, 6) is -0.372. The second-order valence-electron chi connectivity index (χ2n) is 4.46. The molecule has 20 heavy (non-hydrogen) atoms. The van der Waals surface area contributed by atoms with E-state index in [4.69, 9.17) is 0 Å². The minimum Gasteiger partial charge on any atom is -0.345 e. The van der Waals surface area contributed by atoms with Gasteiger partial charge in [0.2, 0.25) is 0 Å². The van der Waals surface area contributed by atoms with E-state index in [1.807, 2.05) is 25.1 Å². The van der Waals surface area contributed by atoms with Crippen LogP contribution in [0.1, 0.15) is 26.3 Å². The normalized spacial score (nSPS) is 10.1. The first kappa shape index (κ1) is 14.5. The number of carbonyl (C=O) groups is 2. The van der Waals surface area contributed by atoms with Gasteiger partial charge in [0.25, 0.3) is 5.91 Å². The molecule has 1 N–H and O–H groups in total. The maximum absolute atomic E-state index is 12.0. The van der Waals surface area contributed by atoms with Crippen LogP contribution in [-0.4, -0.2) is 18.2 Å². The van der Waals surface area contributed by atoms with Crippen molar-refractivity contribution < 1.29 is 9.59 Å². The number of carbonyl (C=O) groups excluding carboxylic acids is 2. The summed E-state index contributed by atoms with van der Waals surface area (Å²) >= 11 is 3.35. The Morgan fingerprint density at radius 2 is 1.80 bits per heavy atom. The van der Waals surface area contributed by atoms with Crippen LogP contribution in [0.25, 0.3) is 0 Å². The van der Waals surface area contributed by atoms with Crippen molar-refractivity contribution >= 4 is 27.6 Å². The average molecular weight is 332 g/mol. The molecule has 0 unspecified atom stereocenters. The maximum Gasteiger partial charge on any atom is 0.252 e. The molecule has 0 spiro atoms. The molecule has 0 radical (unpaired) electrons. The Labute approximate surface area is 126 Å². The smallest absolute Gasteiger partial charge is 0.252 e. The molecule has 1 amide bonds. The molecule has 2 aromatic rings. The molecule has 4 heteroatoms. The summed E-state index contributed by atoms with van der Waals surface area (Å²) in [5.41, 5.74) is 2.18. The van der Waals surface area contributed by atoms with Crippen LogP contribution in [0.2, 0.25) is 0 Å². The first-order valence-electron chi connectivity index (χ1n) is 6.20. The van der Waals surface area contributed by atoms with Crippen molar-refractivity contribution in [3.63, 3.8) is 0 Å². The molecule has 0 aromatic heterocycles. The molecule has 2 aromatic carbocycles. The van der Waals surface area contributed by atoms with Crippen LogP contribution >= 0.6 is 15.9 Å². The zero-order valence-electron chi connectivity index (χ0n) is 11.0. The SMILES string of the molecule is Cc1ccc(C(=O)NCC(=O)c2ccccc2)c(Br)c1. The van der Waals surface area contributed by atoms with Crippen LogP contribution in [0.4, 0.5) is 0 Å². The Kier molecular flexibility index (Phi) is 4.69. The molecular weight excluding hydrogens is 318 g/mol. The highest BCUT2D eigenvalue weighted by atomic mass is 79.9. The fraction of sp³-hybridized carbons (Fsp3) is 0.125. The number of hydrogen-bond donors (Lipinski definition) is 1. The van der Waals surface area contributed by atoms with Crippen molar-refractivity contribution in [3.8, 4) is 0 Å². The largest absolute Gasteiger partial charge is 0.345 e. The summed E-state index contributed by atoms with van der Waals surface area (Å²) in [4.78, 5) is 23.9. The molecule has 0 aliphatic rings. The van der Waals surface area contributed by atoms with Gasteiger partial charge in [0.05, 0.1) is 12.1 Å². The standard InChI is InChI=1S/C16H14BrNO2/c1-11-7-8-13(14(17)9-11)16(20)18-10-15(19)12-5-3-2-4-6-12/h2-9H,10H2,1H3,(H,18,20). The van der Waals surface area contributed by atoms with Crippen LogP contribution < -0.4 is 5.32 Å². The Hall–Kier alpha value is -1.94. The van der Waals surface area contributed by atoms with Crippen LogP contribution in [-0.2, 0) is 0 Å². The number of Topliss-reactive ketones (excluding diaryl/α,β-unsaturated/α-hetero) is 1. The molecule has 0 fully saturated rings. The van der Waals surface area contributed by atoms with Crippen molar-refractivity contribution in [2.24, 2.45) is 0 Å². The van der Waals surface area contributed by atoms with E-state index in [-0.39, 0.29) is 18.2 Å². The first-order chi connectivity index (χ1) is 9.58. The predicted molar refractivity (Wildman–Crippen MR) is 82.0 cm³/mol. The number of ketones is 1. The molecule has 0 aliphatic carbocycles. The molecule has 0 atom stereocenters. The topological polar surface area (TPSA) is 46.2 Å². The number of amides is 1. The lowest BCUT2D eigenvalue weighted by molar-refractivity contribution is 0.0903. The lowest BCUT2D eigenvalue weighted by Crippen LogP contribution is -2.29. The van der Waals surface area contributed by atoms with E-state index in [1.165, 1.54) is 0 Å². The minimum absolute atomic E-state index is 0.0108. The monoisotopic (exact) mass is 331 g/mol. The van der Waals surface area contributed by atoms with E-state index < -0.39 is 0 Å². The van der Waals surface area contributed by atoms with E-state index in [2.05, 4.69) is 21.2 Å². The van der Waals surface area contributed by atoms with Gasteiger partial charge in [-0.15, -0.1) is 0 Å². The van der Waals surface area contributed by atoms with E-state index >= 15 is 0 Å². The highest BCUT2D eigenvalue weighted by Crippen LogP contribution is 2.18. The third kappa shape index (κ3) is 3.54. The van der Waals surface area contributed by atoms with E-state index in [0.717, 1.165) is 10.0 Å². The van der Waals surface area contributed by atoms with Gasteiger partial charge in [-0.2, -0.15) is 0 Å². The van der Waals surface area contributed by atoms with Gasteiger partial charge in [-0.25, -0.2) is 0 Å². The molecule has 2 rings (SSSR count). The molecule has 102 valence electrons. The average Bonchev–Trinajstić information content (AvgIpc) is 2.45. The Bertz CT molecular complexity index is 638. The molecule has 0 saturated heterocycles. The third-order valence-corrected chi connectivity index (χ3v) is 3.53. The Morgan fingerprint density at radius 1 is 1.10 bits per heavy atom. The fourth-order valence-electron chi connectivity index (χ4n) is 1.79. The van der Waals surface area contributed by atoms with Crippen molar-refractivity contribution in [1.82, 2.24) is 5.32 Å². The molecule has 3 nitrogen and oxygen atoms in total. The predicted octanol–water partition coefficient (Wildman–Crippen LogP) is 3.37. The minimum atomic E-state index is -0.263. The van der Waals surface area contributed by atoms with E-state index in [0.29, 0.717) is 11.1 Å². The molecule has 0 heterocycles. The van der Waals surface area contributed by atoms with Gasteiger partial charge in [0, 0.05) is 10.0 Å². The van der Waals surface area contributed by atoms with Gasteiger partial charge in [-0.1, -0.05) is 36.4 Å². The summed E-state index contributed by atoms with van der Waals surface area (Å²) in [7, 11) is 0. The Balaban J connectivity index is 2.00. The van der Waals surface area contributed by atoms with Crippen LogP contribution in [0.3, 0.4) is 0 Å². The zero-order valence-corrected chi connectivity index (χ0v) is 12.6. The van der Waals surface area contributed by atoms with Gasteiger partial charge in [-0.05, 0) is 40.5 Å². The number of halogens is 1. The lowest BCUT2D eigenvalue weighted by atomic mass is 10.1. The van der Waals surface area contributed by atoms with Crippen molar-refractivity contribution in [2.45, 2.75) is 6.92 Å². The van der Waals surface area contributed by atoms with Crippen LogP contribution in [0, 0.1) is 6.92 Å². The third-order valence-electron chi connectivity index (χ3n) is 2.87. The highest BCUT2D eigenvalue weighted by molar-refractivity contribution is 9.10. The quantitative estimate of drug-likeness (QED) is 0.873. The van der Waals surface area contributed by atoms with Crippen molar-refractivity contribution in [3.05, 3.63) is 69.7 Å². The summed E-state index contributed by atoms with van der Waals surface area (Å²) in [6.45, 7) is 1.94. The van der Waals surface area contributed by atoms with Crippen molar-refractivity contribution in [1.29, 1.82) is 0 Å². The summed E-state index contributed by atoms with van der Waals surface area (Å²) in [6, 6.07) is 14.4. The number of benzene rings is 2. The molecule has 0 saturated carbocycles. The van der Waals surface area contributed by atoms with Gasteiger partial charge >= 0.3 is 0 Å². The lowest BCUT2D eigenvalue weighted by Gasteiger charge is -2.07. The molecule has 0 bridgehead atoms. The van der Waals surface area contributed by atoms with Gasteiger partial charge in [0.15, 0.2) is 5.78 Å². The summed E-state index contributed by atoms with van der Waals surface area (Å²) in [5, 5.41) is 2.64. The van der Waals surface area contributed by atoms with Crippen molar-refractivity contribution in [2.75, 3.05) is 6.54 Å². The second-order valence-corrected chi connectivity index (χ2v) is 5.31. The van der Waals surface area contributed by atoms with Gasteiger partial charge in [-0.3, -0.25) is 9.59 Å². The van der Waals surface area contributed by atoms with E-state index in [9.17, 15) is 9.59 Å². The van der Waals surface area contributed by atoms with E-state index in [1.54, 1.807) is 30.3 Å². The summed E-state index contributed by atoms with van der Waals surface area (Å²) in [6.07, 6.45) is 0. The number of aryl methyl sites for hydroxylation is 1. The number of nitrogens with one attached hydrogen (secondary N) is 1. The summed E-state index contributed by atoms with van der Waals surface area (Å²) < 4.78 is 0.724. The highest BCUT2D eigenvalue weighted by Gasteiger charge is 2.12. The van der Waals surface area contributed by atoms with Crippen LogP contribution in [0.5, 0.6) is 0 Å².